The third kappa shape index (κ3) is 9.00. The van der Waals surface area contributed by atoms with Crippen molar-refractivity contribution in [2.45, 2.75) is 51.5 Å². The van der Waals surface area contributed by atoms with Gasteiger partial charge in [-0.3, -0.25) is 4.79 Å². The highest BCUT2D eigenvalue weighted by Gasteiger charge is 2.22. The topological polar surface area (TPSA) is 126 Å². The Hall–Kier alpha value is -4.64. The molecule has 0 aliphatic heterocycles. The maximum atomic E-state index is 12.6. The maximum absolute atomic E-state index is 12.6. The highest BCUT2D eigenvalue weighted by Crippen LogP contribution is 2.18. The monoisotopic (exact) mass is 528 g/mol. The Morgan fingerprint density at radius 2 is 1.56 bits per heavy atom. The number of ether oxygens (including phenoxy) is 2. The fourth-order valence-electron chi connectivity index (χ4n) is 3.89. The van der Waals surface area contributed by atoms with E-state index in [2.05, 4.69) is 12.2 Å². The first-order valence-electron chi connectivity index (χ1n) is 13.0. The maximum Gasteiger partial charge on any atom is 0.343 e. The number of carbonyl (C=O) groups excluding carboxylic acids is 2. The van der Waals surface area contributed by atoms with Crippen molar-refractivity contribution in [2.75, 3.05) is 6.61 Å². The molecule has 0 saturated carbocycles. The summed E-state index contributed by atoms with van der Waals surface area (Å²) in [4.78, 5) is 36.9. The van der Waals surface area contributed by atoms with Crippen LogP contribution in [0.4, 0.5) is 0 Å². The van der Waals surface area contributed by atoms with Crippen LogP contribution in [0.1, 0.15) is 70.9 Å². The van der Waals surface area contributed by atoms with Gasteiger partial charge in [-0.05, 0) is 60.5 Å². The molecule has 0 aromatic heterocycles. The summed E-state index contributed by atoms with van der Waals surface area (Å²) < 4.78 is 11.2. The third-order valence-corrected chi connectivity index (χ3v) is 6.08. The standard InChI is InChI=1S/C31H32N2O6/c1-2-3-4-5-8-19-38-25-17-13-23(14-18-25)31(37)39-26-15-11-22(12-16-26)20-28(30(35)36)33-29(34)27-10-7-6-9-24(27)21-32/h6-7,9-18,28H,2-5,8,19-20H2,1H3,(H,33,34)(H,35,36). The average Bonchev–Trinajstić information content (AvgIpc) is 2.95. The van der Waals surface area contributed by atoms with Crippen molar-refractivity contribution in [1.82, 2.24) is 5.32 Å². The van der Waals surface area contributed by atoms with Gasteiger partial charge >= 0.3 is 11.9 Å². The molecule has 0 radical (unpaired) electrons. The largest absolute Gasteiger partial charge is 0.494 e. The van der Waals surface area contributed by atoms with Crippen molar-refractivity contribution >= 4 is 17.8 Å². The average molecular weight is 529 g/mol. The minimum atomic E-state index is -1.21. The molecule has 3 aromatic carbocycles. The first kappa shape index (κ1) is 28.9. The summed E-state index contributed by atoms with van der Waals surface area (Å²) in [5.41, 5.74) is 1.26. The van der Waals surface area contributed by atoms with Crippen molar-refractivity contribution in [3.05, 3.63) is 95.1 Å². The van der Waals surface area contributed by atoms with Gasteiger partial charge in [0.2, 0.25) is 0 Å². The molecule has 1 atom stereocenters. The number of hydrogen-bond acceptors (Lipinski definition) is 6. The number of hydrogen-bond donors (Lipinski definition) is 2. The van der Waals surface area contributed by atoms with Gasteiger partial charge in [-0.1, -0.05) is 56.9 Å². The number of carboxylic acid groups (broad SMARTS) is 1. The summed E-state index contributed by atoms with van der Waals surface area (Å²) in [5, 5.41) is 21.3. The lowest BCUT2D eigenvalue weighted by Crippen LogP contribution is -2.42. The molecule has 0 saturated heterocycles. The molecule has 1 amide bonds. The van der Waals surface area contributed by atoms with Crippen molar-refractivity contribution in [3.63, 3.8) is 0 Å². The van der Waals surface area contributed by atoms with E-state index in [0.717, 1.165) is 12.8 Å². The van der Waals surface area contributed by atoms with E-state index in [1.165, 1.54) is 31.4 Å². The van der Waals surface area contributed by atoms with E-state index in [9.17, 15) is 24.8 Å². The van der Waals surface area contributed by atoms with Gasteiger partial charge in [0, 0.05) is 6.42 Å². The Labute approximate surface area is 228 Å². The van der Waals surface area contributed by atoms with Crippen LogP contribution >= 0.6 is 0 Å². The molecule has 0 bridgehead atoms. The minimum absolute atomic E-state index is 0.00405. The number of benzene rings is 3. The number of amides is 1. The molecule has 8 heteroatoms. The SMILES string of the molecule is CCCCCCCOc1ccc(C(=O)Oc2ccc(CC(NC(=O)c3ccccc3C#N)C(=O)O)cc2)cc1. The summed E-state index contributed by atoms with van der Waals surface area (Å²) in [6.07, 6.45) is 5.79. The van der Waals surface area contributed by atoms with Gasteiger partial charge in [-0.15, -0.1) is 0 Å². The van der Waals surface area contributed by atoms with E-state index < -0.39 is 23.9 Å². The van der Waals surface area contributed by atoms with E-state index >= 15 is 0 Å². The molecule has 3 rings (SSSR count). The molecule has 3 aromatic rings. The molecule has 39 heavy (non-hydrogen) atoms. The molecule has 8 nitrogen and oxygen atoms in total. The van der Waals surface area contributed by atoms with Crippen LogP contribution < -0.4 is 14.8 Å². The summed E-state index contributed by atoms with van der Waals surface area (Å²) in [5.74, 6) is -1.39. The number of aliphatic carboxylic acids is 1. The van der Waals surface area contributed by atoms with E-state index in [-0.39, 0.29) is 17.5 Å². The first-order chi connectivity index (χ1) is 18.9. The second kappa shape index (κ2) is 14.9. The molecule has 202 valence electrons. The van der Waals surface area contributed by atoms with Crippen LogP contribution in [0.15, 0.2) is 72.8 Å². The second-order valence-electron chi connectivity index (χ2n) is 9.05. The highest BCUT2D eigenvalue weighted by atomic mass is 16.5. The number of rotatable bonds is 14. The Kier molecular flexibility index (Phi) is 11.1. The van der Waals surface area contributed by atoms with E-state index in [1.54, 1.807) is 60.7 Å². The van der Waals surface area contributed by atoms with Crippen molar-refractivity contribution in [3.8, 4) is 17.6 Å². The Morgan fingerprint density at radius 1 is 0.897 bits per heavy atom. The second-order valence-corrected chi connectivity index (χ2v) is 9.05. The lowest BCUT2D eigenvalue weighted by atomic mass is 10.0. The van der Waals surface area contributed by atoms with Crippen molar-refractivity contribution in [2.24, 2.45) is 0 Å². The number of carbonyl (C=O) groups is 3. The number of esters is 1. The number of nitrogens with zero attached hydrogens (tertiary/aromatic N) is 1. The van der Waals surface area contributed by atoms with Gasteiger partial charge in [0.05, 0.1) is 29.4 Å². The van der Waals surface area contributed by atoms with E-state index in [4.69, 9.17) is 9.47 Å². The number of unbranched alkanes of at least 4 members (excludes halogenated alkanes) is 4. The van der Waals surface area contributed by atoms with Gasteiger partial charge in [0.1, 0.15) is 17.5 Å². The Balaban J connectivity index is 1.52. The van der Waals surface area contributed by atoms with Gasteiger partial charge in [-0.2, -0.15) is 5.26 Å². The normalized spacial score (nSPS) is 11.2. The Bertz CT molecular complexity index is 1300. The van der Waals surface area contributed by atoms with E-state index in [0.29, 0.717) is 29.2 Å². The van der Waals surface area contributed by atoms with Crippen LogP contribution in [0.2, 0.25) is 0 Å². The summed E-state index contributed by atoms with van der Waals surface area (Å²) in [7, 11) is 0. The molecule has 0 heterocycles. The first-order valence-corrected chi connectivity index (χ1v) is 13.0. The Morgan fingerprint density at radius 3 is 2.23 bits per heavy atom. The van der Waals surface area contributed by atoms with Crippen molar-refractivity contribution < 1.29 is 29.0 Å². The van der Waals surface area contributed by atoms with Crippen LogP contribution in [0.5, 0.6) is 11.5 Å². The zero-order valence-electron chi connectivity index (χ0n) is 21.9. The molecule has 0 aliphatic rings. The highest BCUT2D eigenvalue weighted by molar-refractivity contribution is 5.98. The van der Waals surface area contributed by atoms with Crippen LogP contribution in [0.25, 0.3) is 0 Å². The van der Waals surface area contributed by atoms with Gasteiger partial charge in [-0.25, -0.2) is 9.59 Å². The summed E-state index contributed by atoms with van der Waals surface area (Å²) in [6.45, 7) is 2.82. The lowest BCUT2D eigenvalue weighted by Gasteiger charge is -2.15. The molecule has 0 spiro atoms. The van der Waals surface area contributed by atoms with Crippen LogP contribution in [0.3, 0.4) is 0 Å². The van der Waals surface area contributed by atoms with E-state index in [1.807, 2.05) is 6.07 Å². The van der Waals surface area contributed by atoms with Gasteiger partial charge in [0.25, 0.3) is 5.91 Å². The van der Waals surface area contributed by atoms with Crippen LogP contribution in [-0.2, 0) is 11.2 Å². The minimum Gasteiger partial charge on any atom is -0.494 e. The third-order valence-electron chi connectivity index (χ3n) is 6.08. The quantitative estimate of drug-likeness (QED) is 0.160. The van der Waals surface area contributed by atoms with Crippen LogP contribution in [0, 0.1) is 11.3 Å². The fourth-order valence-corrected chi connectivity index (χ4v) is 3.89. The fraction of sp³-hybridized carbons (Fsp3) is 0.290. The molecule has 0 fully saturated rings. The van der Waals surface area contributed by atoms with Crippen LogP contribution in [-0.4, -0.2) is 35.6 Å². The smallest absolute Gasteiger partial charge is 0.343 e. The van der Waals surface area contributed by atoms with Gasteiger partial charge in [0.15, 0.2) is 0 Å². The molecule has 0 aliphatic carbocycles. The molecular weight excluding hydrogens is 496 g/mol. The van der Waals surface area contributed by atoms with Gasteiger partial charge < -0.3 is 19.9 Å². The summed E-state index contributed by atoms with van der Waals surface area (Å²) in [6, 6.07) is 20.0. The predicted octanol–water partition coefficient (Wildman–Crippen LogP) is 5.55. The summed E-state index contributed by atoms with van der Waals surface area (Å²) >= 11 is 0. The number of carboxylic acids is 1. The molecule has 1 unspecified atom stereocenters. The molecule has 2 N–H and O–H groups in total. The molecular formula is C31H32N2O6. The zero-order valence-corrected chi connectivity index (χ0v) is 21.9. The van der Waals surface area contributed by atoms with Crippen molar-refractivity contribution in [1.29, 1.82) is 5.26 Å². The number of nitriles is 1. The lowest BCUT2D eigenvalue weighted by molar-refractivity contribution is -0.139. The number of nitrogens with one attached hydrogen (secondary N) is 1. The predicted molar refractivity (Wildman–Crippen MR) is 146 cm³/mol. The zero-order chi connectivity index (χ0) is 28.0.